The van der Waals surface area contributed by atoms with Crippen molar-refractivity contribution in [3.8, 4) is 0 Å². The maximum atomic E-state index is 11.1. The van der Waals surface area contributed by atoms with Crippen molar-refractivity contribution in [2.75, 3.05) is 20.3 Å². The lowest BCUT2D eigenvalue weighted by atomic mass is 10.0. The highest BCUT2D eigenvalue weighted by Gasteiger charge is 2.36. The first-order chi connectivity index (χ1) is 8.09. The van der Waals surface area contributed by atoms with Crippen LogP contribution >= 0.6 is 0 Å². The summed E-state index contributed by atoms with van der Waals surface area (Å²) in [7, 11) is 3.83. The Kier molecular flexibility index (Phi) is 3.44. The summed E-state index contributed by atoms with van der Waals surface area (Å²) in [6, 6.07) is -0.0794. The fourth-order valence-corrected chi connectivity index (χ4v) is 2.10. The van der Waals surface area contributed by atoms with Crippen LogP contribution in [0.1, 0.15) is 5.82 Å². The van der Waals surface area contributed by atoms with Crippen LogP contribution in [0.4, 0.5) is 0 Å². The average Bonchev–Trinajstić information content (AvgIpc) is 2.87. The van der Waals surface area contributed by atoms with Crippen LogP contribution in [-0.2, 0) is 23.1 Å². The highest BCUT2D eigenvalue weighted by Crippen LogP contribution is 2.20. The predicted molar refractivity (Wildman–Crippen MR) is 60.4 cm³/mol. The topological polar surface area (TPSA) is 67.6 Å². The van der Waals surface area contributed by atoms with Gasteiger partial charge in [0.25, 0.3) is 0 Å². The summed E-state index contributed by atoms with van der Waals surface area (Å²) in [5, 5.41) is 9.09. The van der Waals surface area contributed by atoms with Gasteiger partial charge in [0, 0.05) is 25.5 Å². The molecular weight excluding hydrogens is 222 g/mol. The van der Waals surface area contributed by atoms with Gasteiger partial charge in [-0.1, -0.05) is 0 Å². The maximum Gasteiger partial charge on any atom is 0.310 e. The van der Waals surface area contributed by atoms with Crippen LogP contribution in [-0.4, -0.2) is 51.8 Å². The molecule has 1 aromatic rings. The van der Waals surface area contributed by atoms with Crippen molar-refractivity contribution < 1.29 is 14.6 Å². The molecule has 1 N–H and O–H groups in total. The third-order valence-corrected chi connectivity index (χ3v) is 3.25. The first-order valence-electron chi connectivity index (χ1n) is 5.56. The molecule has 0 saturated carbocycles. The van der Waals surface area contributed by atoms with Gasteiger partial charge >= 0.3 is 5.97 Å². The number of carboxylic acids is 1. The third kappa shape index (κ3) is 2.48. The fraction of sp³-hybridized carbons (Fsp3) is 0.636. The Labute approximate surface area is 99.8 Å². The zero-order chi connectivity index (χ0) is 12.4. The summed E-state index contributed by atoms with van der Waals surface area (Å²) >= 11 is 0. The molecule has 6 nitrogen and oxygen atoms in total. The zero-order valence-electron chi connectivity index (χ0n) is 10.0. The molecule has 6 heteroatoms. The molecule has 1 aliphatic rings. The molecule has 2 heterocycles. The van der Waals surface area contributed by atoms with E-state index in [4.69, 9.17) is 9.84 Å². The van der Waals surface area contributed by atoms with Gasteiger partial charge in [0.1, 0.15) is 5.82 Å². The molecule has 0 aliphatic carbocycles. The lowest BCUT2D eigenvalue weighted by Gasteiger charge is -2.25. The van der Waals surface area contributed by atoms with E-state index >= 15 is 0 Å². The second kappa shape index (κ2) is 4.85. The number of carboxylic acid groups (broad SMARTS) is 1. The molecule has 17 heavy (non-hydrogen) atoms. The Morgan fingerprint density at radius 2 is 2.47 bits per heavy atom. The van der Waals surface area contributed by atoms with Gasteiger partial charge in [0.05, 0.1) is 25.7 Å². The molecule has 1 aromatic heterocycles. The Morgan fingerprint density at radius 1 is 1.71 bits per heavy atom. The van der Waals surface area contributed by atoms with Crippen molar-refractivity contribution >= 4 is 5.97 Å². The molecule has 94 valence electrons. The van der Waals surface area contributed by atoms with Crippen molar-refractivity contribution in [1.82, 2.24) is 14.5 Å². The summed E-state index contributed by atoms with van der Waals surface area (Å²) in [6.07, 6.45) is 3.62. The summed E-state index contributed by atoms with van der Waals surface area (Å²) in [5.74, 6) is -0.317. The molecule has 2 atom stereocenters. The number of rotatable bonds is 4. The molecular formula is C11H17N3O3. The van der Waals surface area contributed by atoms with Gasteiger partial charge < -0.3 is 14.4 Å². The molecule has 2 unspecified atom stereocenters. The van der Waals surface area contributed by atoms with Gasteiger partial charge in [-0.3, -0.25) is 9.69 Å². The van der Waals surface area contributed by atoms with E-state index in [9.17, 15) is 4.79 Å². The Balaban J connectivity index is 2.02. The molecule has 0 radical (unpaired) electrons. The zero-order valence-corrected chi connectivity index (χ0v) is 10.0. The van der Waals surface area contributed by atoms with Gasteiger partial charge in [0.15, 0.2) is 0 Å². The first-order valence-corrected chi connectivity index (χ1v) is 5.56. The van der Waals surface area contributed by atoms with Crippen molar-refractivity contribution in [3.05, 3.63) is 18.2 Å². The lowest BCUT2D eigenvalue weighted by molar-refractivity contribution is -0.143. The normalized spacial score (nSPS) is 24.4. The van der Waals surface area contributed by atoms with Crippen LogP contribution in [0.3, 0.4) is 0 Å². The van der Waals surface area contributed by atoms with E-state index < -0.39 is 11.9 Å². The molecule has 0 bridgehead atoms. The minimum atomic E-state index is -0.792. The van der Waals surface area contributed by atoms with Gasteiger partial charge in [-0.05, 0) is 7.05 Å². The van der Waals surface area contributed by atoms with E-state index in [0.29, 0.717) is 19.8 Å². The number of hydrogen-bond acceptors (Lipinski definition) is 4. The Hall–Kier alpha value is -1.40. The van der Waals surface area contributed by atoms with E-state index in [-0.39, 0.29) is 6.04 Å². The second-order valence-corrected chi connectivity index (χ2v) is 4.42. The number of aliphatic carboxylic acids is 1. The Morgan fingerprint density at radius 3 is 3.06 bits per heavy atom. The molecule has 1 saturated heterocycles. The average molecular weight is 239 g/mol. The second-order valence-electron chi connectivity index (χ2n) is 4.42. The number of carbonyl (C=O) groups is 1. The van der Waals surface area contributed by atoms with E-state index in [1.54, 1.807) is 6.20 Å². The Bertz CT molecular complexity index is 404. The molecule has 0 spiro atoms. The van der Waals surface area contributed by atoms with Crippen molar-refractivity contribution in [3.63, 3.8) is 0 Å². The van der Waals surface area contributed by atoms with E-state index in [1.165, 1.54) is 0 Å². The van der Waals surface area contributed by atoms with E-state index in [0.717, 1.165) is 5.82 Å². The smallest absolute Gasteiger partial charge is 0.310 e. The molecule has 2 rings (SSSR count). The quantitative estimate of drug-likeness (QED) is 0.798. The van der Waals surface area contributed by atoms with Gasteiger partial charge in [0.2, 0.25) is 0 Å². The fourth-order valence-electron chi connectivity index (χ4n) is 2.10. The monoisotopic (exact) mass is 239 g/mol. The number of imidazole rings is 1. The molecule has 0 amide bonds. The van der Waals surface area contributed by atoms with E-state index in [2.05, 4.69) is 4.98 Å². The lowest BCUT2D eigenvalue weighted by Crippen LogP contribution is -2.40. The number of ether oxygens (including phenoxy) is 1. The molecule has 1 fully saturated rings. The predicted octanol–water partition coefficient (Wildman–Crippen LogP) is -0.0485. The van der Waals surface area contributed by atoms with Crippen LogP contribution in [0.15, 0.2) is 12.4 Å². The van der Waals surface area contributed by atoms with Crippen LogP contribution in [0.5, 0.6) is 0 Å². The highest BCUT2D eigenvalue weighted by atomic mass is 16.5. The number of aromatic nitrogens is 2. The number of aryl methyl sites for hydroxylation is 1. The number of hydrogen-bond donors (Lipinski definition) is 1. The van der Waals surface area contributed by atoms with Crippen LogP contribution < -0.4 is 0 Å². The van der Waals surface area contributed by atoms with Crippen molar-refractivity contribution in [2.24, 2.45) is 13.0 Å². The minimum Gasteiger partial charge on any atom is -0.481 e. The van der Waals surface area contributed by atoms with Crippen LogP contribution in [0.25, 0.3) is 0 Å². The maximum absolute atomic E-state index is 11.1. The van der Waals surface area contributed by atoms with Crippen LogP contribution in [0.2, 0.25) is 0 Å². The standard InChI is InChI=1S/C11H17N3O3/c1-13-4-3-12-10(13)5-14(2)9-7-17-6-8(9)11(15)16/h3-4,8-9H,5-7H2,1-2H3,(H,15,16). The summed E-state index contributed by atoms with van der Waals surface area (Å²) in [5.41, 5.74) is 0. The van der Waals surface area contributed by atoms with Gasteiger partial charge in [-0.25, -0.2) is 4.98 Å². The largest absolute Gasteiger partial charge is 0.481 e. The minimum absolute atomic E-state index is 0.0794. The molecule has 0 aromatic carbocycles. The first kappa shape index (κ1) is 12.1. The van der Waals surface area contributed by atoms with Crippen LogP contribution in [0, 0.1) is 5.92 Å². The number of nitrogens with zero attached hydrogens (tertiary/aromatic N) is 3. The highest BCUT2D eigenvalue weighted by molar-refractivity contribution is 5.71. The van der Waals surface area contributed by atoms with Crippen molar-refractivity contribution in [1.29, 1.82) is 0 Å². The third-order valence-electron chi connectivity index (χ3n) is 3.25. The van der Waals surface area contributed by atoms with Gasteiger partial charge in [-0.15, -0.1) is 0 Å². The SMILES string of the molecule is CN(Cc1nccn1C)C1COCC1C(=O)O. The summed E-state index contributed by atoms with van der Waals surface area (Å²) in [6.45, 7) is 1.39. The van der Waals surface area contributed by atoms with E-state index in [1.807, 2.05) is 29.8 Å². The molecule has 1 aliphatic heterocycles. The van der Waals surface area contributed by atoms with Gasteiger partial charge in [-0.2, -0.15) is 0 Å². The summed E-state index contributed by atoms with van der Waals surface area (Å²) in [4.78, 5) is 17.3. The summed E-state index contributed by atoms with van der Waals surface area (Å²) < 4.78 is 7.18. The number of likely N-dealkylation sites (N-methyl/N-ethyl adjacent to an activating group) is 1. The van der Waals surface area contributed by atoms with Crippen molar-refractivity contribution in [2.45, 2.75) is 12.6 Å².